The molecule has 0 saturated carbocycles. The number of hydrogen-bond acceptors (Lipinski definition) is 4. The molecule has 0 saturated heterocycles. The molecule has 21 heavy (non-hydrogen) atoms. The predicted octanol–water partition coefficient (Wildman–Crippen LogP) is 1.91. The van der Waals surface area contributed by atoms with E-state index in [0.717, 1.165) is 30.8 Å². The van der Waals surface area contributed by atoms with E-state index < -0.39 is 0 Å². The van der Waals surface area contributed by atoms with Crippen molar-refractivity contribution in [2.24, 2.45) is 0 Å². The summed E-state index contributed by atoms with van der Waals surface area (Å²) in [7, 11) is 0. The second-order valence-electron chi connectivity index (χ2n) is 4.83. The van der Waals surface area contributed by atoms with Crippen LogP contribution in [-0.4, -0.2) is 34.2 Å². The number of H-pyrrole nitrogens is 1. The fourth-order valence-electron chi connectivity index (χ4n) is 2.13. The van der Waals surface area contributed by atoms with Crippen molar-refractivity contribution < 1.29 is 4.79 Å². The van der Waals surface area contributed by atoms with Gasteiger partial charge in [0.05, 0.1) is 23.6 Å². The molecule has 0 radical (unpaired) electrons. The molecule has 2 aromatic heterocycles. The average molecular weight is 287 g/mol. The summed E-state index contributed by atoms with van der Waals surface area (Å²) in [5, 5.41) is 13.0. The molecule has 6 nitrogen and oxygen atoms in total. The minimum absolute atomic E-state index is 0.0720. The maximum atomic E-state index is 12.2. The molecule has 0 atom stereocenters. The summed E-state index contributed by atoms with van der Waals surface area (Å²) < 4.78 is 0. The van der Waals surface area contributed by atoms with Gasteiger partial charge in [0.2, 0.25) is 0 Å². The van der Waals surface area contributed by atoms with Gasteiger partial charge in [-0.25, -0.2) is 0 Å². The number of aromatic amines is 1. The van der Waals surface area contributed by atoms with Gasteiger partial charge in [0.25, 0.3) is 5.91 Å². The number of nitrogens with one attached hydrogen (secondary N) is 3. The van der Waals surface area contributed by atoms with Crippen molar-refractivity contribution in [3.8, 4) is 0 Å². The zero-order valence-electron chi connectivity index (χ0n) is 12.4. The summed E-state index contributed by atoms with van der Waals surface area (Å²) in [6, 6.07) is 1.73. The largest absolute Gasteiger partial charge is 0.383 e. The van der Waals surface area contributed by atoms with Gasteiger partial charge in [0.15, 0.2) is 0 Å². The van der Waals surface area contributed by atoms with Gasteiger partial charge in [-0.15, -0.1) is 0 Å². The number of anilines is 1. The van der Waals surface area contributed by atoms with Gasteiger partial charge in [-0.3, -0.25) is 14.9 Å². The Labute approximate surface area is 124 Å². The van der Waals surface area contributed by atoms with Crippen LogP contribution in [0.5, 0.6) is 0 Å². The molecule has 1 amide bonds. The van der Waals surface area contributed by atoms with Gasteiger partial charge >= 0.3 is 0 Å². The van der Waals surface area contributed by atoms with Crippen LogP contribution in [0.15, 0.2) is 24.7 Å². The molecule has 2 rings (SSSR count). The highest BCUT2D eigenvalue weighted by Crippen LogP contribution is 2.13. The van der Waals surface area contributed by atoms with Crippen LogP contribution < -0.4 is 10.6 Å². The first-order chi connectivity index (χ1) is 10.2. The van der Waals surface area contributed by atoms with Crippen molar-refractivity contribution in [3.05, 3.63) is 41.5 Å². The second-order valence-corrected chi connectivity index (χ2v) is 4.83. The molecule has 112 valence electrons. The van der Waals surface area contributed by atoms with E-state index in [9.17, 15) is 4.79 Å². The first-order valence-electron chi connectivity index (χ1n) is 7.17. The fraction of sp³-hybridized carbons (Fsp3) is 0.400. The second kappa shape index (κ2) is 7.42. The van der Waals surface area contributed by atoms with Crippen LogP contribution in [0.1, 0.15) is 35.0 Å². The highest BCUT2D eigenvalue weighted by molar-refractivity contribution is 5.99. The van der Waals surface area contributed by atoms with Crippen molar-refractivity contribution in [3.63, 3.8) is 0 Å². The zero-order chi connectivity index (χ0) is 15.1. The molecular formula is C15H21N5O. The number of amides is 1. The molecule has 3 N–H and O–H groups in total. The van der Waals surface area contributed by atoms with Crippen molar-refractivity contribution in [2.75, 3.05) is 18.4 Å². The summed E-state index contributed by atoms with van der Waals surface area (Å²) in [6.45, 7) is 5.38. The molecule has 0 aliphatic rings. The van der Waals surface area contributed by atoms with Gasteiger partial charge < -0.3 is 10.6 Å². The summed E-state index contributed by atoms with van der Waals surface area (Å²) in [5.41, 5.74) is 3.68. The van der Waals surface area contributed by atoms with Crippen molar-refractivity contribution in [2.45, 2.75) is 26.7 Å². The third kappa shape index (κ3) is 4.05. The number of hydrogen-bond donors (Lipinski definition) is 3. The summed E-state index contributed by atoms with van der Waals surface area (Å²) in [6.07, 6.45) is 6.92. The zero-order valence-corrected chi connectivity index (χ0v) is 12.4. The predicted molar refractivity (Wildman–Crippen MR) is 82.4 cm³/mol. The number of rotatable bonds is 7. The topological polar surface area (TPSA) is 82.7 Å². The summed E-state index contributed by atoms with van der Waals surface area (Å²) >= 11 is 0. The minimum atomic E-state index is -0.0720. The lowest BCUT2D eigenvalue weighted by molar-refractivity contribution is 0.0954. The van der Waals surface area contributed by atoms with E-state index in [1.165, 1.54) is 5.56 Å². The Bertz CT molecular complexity index is 593. The Hall–Kier alpha value is -2.37. The van der Waals surface area contributed by atoms with E-state index >= 15 is 0 Å². The van der Waals surface area contributed by atoms with Crippen molar-refractivity contribution in [1.29, 1.82) is 0 Å². The third-order valence-corrected chi connectivity index (χ3v) is 3.28. The molecule has 2 heterocycles. The smallest absolute Gasteiger partial charge is 0.253 e. The normalized spacial score (nSPS) is 10.4. The SMILES string of the molecule is CCNc1cnccc1C(=O)NCCCc1cn[nH]c1C. The molecule has 0 aliphatic carbocycles. The molecule has 0 spiro atoms. The van der Waals surface area contributed by atoms with Crippen LogP contribution in [0.4, 0.5) is 5.69 Å². The van der Waals surface area contributed by atoms with Crippen LogP contribution in [-0.2, 0) is 6.42 Å². The Morgan fingerprint density at radius 2 is 2.24 bits per heavy atom. The molecular weight excluding hydrogens is 266 g/mol. The van der Waals surface area contributed by atoms with Gasteiger partial charge in [-0.1, -0.05) is 0 Å². The Balaban J connectivity index is 1.83. The highest BCUT2D eigenvalue weighted by Gasteiger charge is 2.10. The quantitative estimate of drug-likeness (QED) is 0.679. The van der Waals surface area contributed by atoms with Crippen molar-refractivity contribution >= 4 is 11.6 Å². The Morgan fingerprint density at radius 3 is 2.95 bits per heavy atom. The molecule has 0 bridgehead atoms. The maximum Gasteiger partial charge on any atom is 0.253 e. The molecule has 2 aromatic rings. The number of carbonyl (C=O) groups excluding carboxylic acids is 1. The maximum absolute atomic E-state index is 12.2. The number of carbonyl (C=O) groups is 1. The lowest BCUT2D eigenvalue weighted by Crippen LogP contribution is -2.25. The first kappa shape index (κ1) is 15.0. The van der Waals surface area contributed by atoms with E-state index in [1.807, 2.05) is 20.0 Å². The van der Waals surface area contributed by atoms with Gasteiger partial charge in [-0.05, 0) is 38.3 Å². The lowest BCUT2D eigenvalue weighted by Gasteiger charge is -2.10. The van der Waals surface area contributed by atoms with Crippen molar-refractivity contribution in [1.82, 2.24) is 20.5 Å². The standard InChI is InChI=1S/C15H21N5O/c1-3-17-14-10-16-8-6-13(14)15(21)18-7-4-5-12-9-19-20-11(12)2/h6,8-10,17H,3-5,7H2,1-2H3,(H,18,21)(H,19,20). The van der Waals surface area contributed by atoms with Crippen LogP contribution in [0.3, 0.4) is 0 Å². The lowest BCUT2D eigenvalue weighted by atomic mass is 10.1. The molecule has 0 fully saturated rings. The Morgan fingerprint density at radius 1 is 1.38 bits per heavy atom. The summed E-state index contributed by atoms with van der Waals surface area (Å²) in [4.78, 5) is 16.2. The number of pyridine rings is 1. The number of aryl methyl sites for hydroxylation is 2. The van der Waals surface area contributed by atoms with E-state index in [-0.39, 0.29) is 5.91 Å². The van der Waals surface area contributed by atoms with E-state index in [1.54, 1.807) is 18.5 Å². The third-order valence-electron chi connectivity index (χ3n) is 3.28. The van der Waals surface area contributed by atoms with E-state index in [4.69, 9.17) is 0 Å². The van der Waals surface area contributed by atoms with Gasteiger partial charge in [0.1, 0.15) is 0 Å². The minimum Gasteiger partial charge on any atom is -0.383 e. The van der Waals surface area contributed by atoms with Crippen LogP contribution in [0, 0.1) is 6.92 Å². The van der Waals surface area contributed by atoms with Crippen LogP contribution >= 0.6 is 0 Å². The van der Waals surface area contributed by atoms with E-state index in [0.29, 0.717) is 12.1 Å². The number of nitrogens with zero attached hydrogens (tertiary/aromatic N) is 2. The fourth-order valence-corrected chi connectivity index (χ4v) is 2.13. The monoisotopic (exact) mass is 287 g/mol. The van der Waals surface area contributed by atoms with E-state index in [2.05, 4.69) is 25.8 Å². The van der Waals surface area contributed by atoms with Gasteiger partial charge in [0, 0.05) is 25.0 Å². The Kier molecular flexibility index (Phi) is 5.31. The first-order valence-corrected chi connectivity index (χ1v) is 7.17. The average Bonchev–Trinajstić information content (AvgIpc) is 2.90. The van der Waals surface area contributed by atoms with Crippen LogP contribution in [0.25, 0.3) is 0 Å². The summed E-state index contributed by atoms with van der Waals surface area (Å²) in [5.74, 6) is -0.0720. The van der Waals surface area contributed by atoms with Crippen LogP contribution in [0.2, 0.25) is 0 Å². The number of aromatic nitrogens is 3. The molecule has 0 aliphatic heterocycles. The molecule has 6 heteroatoms. The molecule has 0 aromatic carbocycles. The molecule has 0 unspecified atom stereocenters. The highest BCUT2D eigenvalue weighted by atomic mass is 16.1. The van der Waals surface area contributed by atoms with Gasteiger partial charge in [-0.2, -0.15) is 5.10 Å².